The Morgan fingerprint density at radius 1 is 1.21 bits per heavy atom. The predicted molar refractivity (Wildman–Crippen MR) is 111 cm³/mol. The van der Waals surface area contributed by atoms with Gasteiger partial charge in [0.25, 0.3) is 0 Å². The van der Waals surface area contributed by atoms with Gasteiger partial charge >= 0.3 is 0 Å². The SMILES string of the molecule is Cc1cc(N2CC3(CCN(C)C3)C2)ccc1-c1cn(C[C@H]2CCCCO2)nn1. The monoisotopic (exact) mass is 381 g/mol. The Hall–Kier alpha value is -1.92. The number of ether oxygens (including phenoxy) is 1. The molecule has 2 aromatic rings. The molecule has 1 aromatic carbocycles. The van der Waals surface area contributed by atoms with Gasteiger partial charge in [0.1, 0.15) is 5.69 Å². The smallest absolute Gasteiger partial charge is 0.113 e. The molecule has 0 amide bonds. The van der Waals surface area contributed by atoms with E-state index < -0.39 is 0 Å². The van der Waals surface area contributed by atoms with Gasteiger partial charge in [0, 0.05) is 42.9 Å². The number of aryl methyl sites for hydroxylation is 1. The maximum atomic E-state index is 5.83. The number of anilines is 1. The average molecular weight is 382 g/mol. The minimum atomic E-state index is 0.278. The van der Waals surface area contributed by atoms with Crippen LogP contribution in [0.1, 0.15) is 31.2 Å². The van der Waals surface area contributed by atoms with E-state index in [0.717, 1.165) is 25.3 Å². The predicted octanol–water partition coefficient (Wildman–Crippen LogP) is 2.96. The summed E-state index contributed by atoms with van der Waals surface area (Å²) in [5.74, 6) is 0. The van der Waals surface area contributed by atoms with Crippen molar-refractivity contribution in [3.8, 4) is 11.3 Å². The van der Waals surface area contributed by atoms with Gasteiger partial charge < -0.3 is 14.5 Å². The molecule has 3 saturated heterocycles. The Morgan fingerprint density at radius 3 is 2.82 bits per heavy atom. The topological polar surface area (TPSA) is 46.4 Å². The first-order valence-electron chi connectivity index (χ1n) is 10.7. The van der Waals surface area contributed by atoms with Crippen molar-refractivity contribution in [1.82, 2.24) is 19.9 Å². The van der Waals surface area contributed by atoms with Crippen molar-refractivity contribution >= 4 is 5.69 Å². The Balaban J connectivity index is 1.25. The van der Waals surface area contributed by atoms with Gasteiger partial charge in [-0.25, -0.2) is 4.68 Å². The van der Waals surface area contributed by atoms with Crippen LogP contribution >= 0.6 is 0 Å². The molecule has 0 saturated carbocycles. The van der Waals surface area contributed by atoms with Crippen LogP contribution in [0.4, 0.5) is 5.69 Å². The highest BCUT2D eigenvalue weighted by atomic mass is 16.5. The van der Waals surface area contributed by atoms with E-state index in [2.05, 4.69) is 58.5 Å². The average Bonchev–Trinajstić information content (AvgIpc) is 3.28. The third-order valence-electron chi connectivity index (χ3n) is 6.74. The molecule has 1 spiro atoms. The summed E-state index contributed by atoms with van der Waals surface area (Å²) < 4.78 is 7.77. The summed E-state index contributed by atoms with van der Waals surface area (Å²) in [6, 6.07) is 6.77. The van der Waals surface area contributed by atoms with Gasteiger partial charge in [-0.15, -0.1) is 5.10 Å². The van der Waals surface area contributed by atoms with Gasteiger partial charge in [0.2, 0.25) is 0 Å². The van der Waals surface area contributed by atoms with Crippen LogP contribution in [-0.4, -0.2) is 65.8 Å². The zero-order chi connectivity index (χ0) is 19.1. The molecule has 150 valence electrons. The van der Waals surface area contributed by atoms with Gasteiger partial charge in [0.15, 0.2) is 0 Å². The third kappa shape index (κ3) is 3.44. The summed E-state index contributed by atoms with van der Waals surface area (Å²) >= 11 is 0. The van der Waals surface area contributed by atoms with Crippen LogP contribution in [0.15, 0.2) is 24.4 Å². The molecule has 0 bridgehead atoms. The van der Waals surface area contributed by atoms with Gasteiger partial charge in [0.05, 0.1) is 18.8 Å². The molecule has 6 heteroatoms. The molecule has 3 aliphatic rings. The lowest BCUT2D eigenvalue weighted by atomic mass is 9.78. The quantitative estimate of drug-likeness (QED) is 0.815. The lowest BCUT2D eigenvalue weighted by Crippen LogP contribution is -2.57. The molecule has 3 fully saturated rings. The van der Waals surface area contributed by atoms with Gasteiger partial charge in [-0.2, -0.15) is 0 Å². The Kier molecular flexibility index (Phi) is 4.63. The number of rotatable bonds is 4. The molecule has 6 nitrogen and oxygen atoms in total. The fourth-order valence-electron chi connectivity index (χ4n) is 5.17. The second-order valence-electron chi connectivity index (χ2n) is 9.16. The summed E-state index contributed by atoms with van der Waals surface area (Å²) in [5.41, 5.74) is 5.27. The molecule has 0 aliphatic carbocycles. The standard InChI is InChI=1S/C22H31N5O/c1-17-11-18(26-15-22(16-26)8-9-25(2)14-22)6-7-20(17)21-13-27(24-23-21)12-19-5-3-4-10-28-19/h6-7,11,13,19H,3-5,8-10,12,14-16H2,1-2H3/t19-/m1/s1. The Bertz CT molecular complexity index is 835. The molecule has 0 N–H and O–H groups in total. The van der Waals surface area contributed by atoms with E-state index in [1.165, 1.54) is 62.3 Å². The summed E-state index contributed by atoms with van der Waals surface area (Å²) in [4.78, 5) is 4.99. The van der Waals surface area contributed by atoms with Crippen LogP contribution in [0.3, 0.4) is 0 Å². The van der Waals surface area contributed by atoms with Crippen molar-refractivity contribution in [3.63, 3.8) is 0 Å². The van der Waals surface area contributed by atoms with Crippen LogP contribution < -0.4 is 4.90 Å². The lowest BCUT2D eigenvalue weighted by molar-refractivity contribution is 0.00370. The molecule has 28 heavy (non-hydrogen) atoms. The highest BCUT2D eigenvalue weighted by molar-refractivity contribution is 5.67. The molecule has 1 aromatic heterocycles. The van der Waals surface area contributed by atoms with Gasteiger partial charge in [-0.05, 0) is 63.9 Å². The van der Waals surface area contributed by atoms with Crippen molar-refractivity contribution in [3.05, 3.63) is 30.0 Å². The molecular weight excluding hydrogens is 350 g/mol. The highest BCUT2D eigenvalue weighted by Gasteiger charge is 2.46. The van der Waals surface area contributed by atoms with E-state index in [0.29, 0.717) is 5.41 Å². The Labute approximate surface area is 167 Å². The van der Waals surface area contributed by atoms with Crippen molar-refractivity contribution in [2.75, 3.05) is 44.7 Å². The van der Waals surface area contributed by atoms with E-state index in [4.69, 9.17) is 4.74 Å². The summed E-state index contributed by atoms with van der Waals surface area (Å²) in [5, 5.41) is 8.77. The van der Waals surface area contributed by atoms with Crippen molar-refractivity contribution in [2.24, 2.45) is 5.41 Å². The summed E-state index contributed by atoms with van der Waals surface area (Å²) in [6.45, 7) is 8.72. The maximum Gasteiger partial charge on any atom is 0.113 e. The van der Waals surface area contributed by atoms with E-state index in [1.807, 2.05) is 4.68 Å². The maximum absolute atomic E-state index is 5.83. The number of benzene rings is 1. The molecule has 0 radical (unpaired) electrons. The van der Waals surface area contributed by atoms with Crippen LogP contribution in [0.25, 0.3) is 11.3 Å². The molecule has 0 unspecified atom stereocenters. The first kappa shape index (κ1) is 18.1. The van der Waals surface area contributed by atoms with Gasteiger partial charge in [-0.1, -0.05) is 11.3 Å². The zero-order valence-corrected chi connectivity index (χ0v) is 17.1. The normalized spacial score (nSPS) is 24.6. The Morgan fingerprint density at radius 2 is 2.11 bits per heavy atom. The molecule has 1 atom stereocenters. The third-order valence-corrected chi connectivity index (χ3v) is 6.74. The fourth-order valence-corrected chi connectivity index (χ4v) is 5.17. The van der Waals surface area contributed by atoms with Crippen LogP contribution in [0.2, 0.25) is 0 Å². The summed E-state index contributed by atoms with van der Waals surface area (Å²) in [6.07, 6.45) is 7.23. The van der Waals surface area contributed by atoms with E-state index in [9.17, 15) is 0 Å². The van der Waals surface area contributed by atoms with E-state index in [-0.39, 0.29) is 6.10 Å². The van der Waals surface area contributed by atoms with Gasteiger partial charge in [-0.3, -0.25) is 0 Å². The molecule has 5 rings (SSSR count). The molecule has 4 heterocycles. The number of likely N-dealkylation sites (tertiary alicyclic amines) is 1. The fraction of sp³-hybridized carbons (Fsp3) is 0.636. The number of hydrogen-bond acceptors (Lipinski definition) is 5. The van der Waals surface area contributed by atoms with Crippen LogP contribution in [0, 0.1) is 12.3 Å². The number of hydrogen-bond donors (Lipinski definition) is 0. The van der Waals surface area contributed by atoms with Crippen molar-refractivity contribution in [1.29, 1.82) is 0 Å². The zero-order valence-electron chi connectivity index (χ0n) is 17.1. The number of nitrogens with zero attached hydrogens (tertiary/aromatic N) is 5. The first-order chi connectivity index (χ1) is 13.6. The second-order valence-corrected chi connectivity index (χ2v) is 9.16. The minimum Gasteiger partial charge on any atom is -0.376 e. The van der Waals surface area contributed by atoms with Crippen molar-refractivity contribution < 1.29 is 4.74 Å². The largest absolute Gasteiger partial charge is 0.376 e. The van der Waals surface area contributed by atoms with Crippen LogP contribution in [0.5, 0.6) is 0 Å². The van der Waals surface area contributed by atoms with Crippen molar-refractivity contribution in [2.45, 2.75) is 45.3 Å². The highest BCUT2D eigenvalue weighted by Crippen LogP contribution is 2.42. The first-order valence-corrected chi connectivity index (χ1v) is 10.7. The second kappa shape index (κ2) is 7.16. The molecular formula is C22H31N5O. The van der Waals surface area contributed by atoms with Crippen LogP contribution in [-0.2, 0) is 11.3 Å². The molecule has 3 aliphatic heterocycles. The summed E-state index contributed by atoms with van der Waals surface area (Å²) in [7, 11) is 2.24. The minimum absolute atomic E-state index is 0.278. The lowest BCUT2D eigenvalue weighted by Gasteiger charge is -2.49. The number of aromatic nitrogens is 3. The van der Waals surface area contributed by atoms with E-state index in [1.54, 1.807) is 0 Å². The van der Waals surface area contributed by atoms with E-state index >= 15 is 0 Å².